The molecule has 1 aromatic heterocycles. The molecule has 2 heterocycles. The van der Waals surface area contributed by atoms with E-state index in [1.165, 1.54) is 18.3 Å². The number of carboxylic acid groups (broad SMARTS) is 1. The van der Waals surface area contributed by atoms with Crippen molar-refractivity contribution in [1.29, 1.82) is 0 Å². The number of hydrogen-bond acceptors (Lipinski definition) is 4. The van der Waals surface area contributed by atoms with Crippen LogP contribution in [0.2, 0.25) is 0 Å². The van der Waals surface area contributed by atoms with Gasteiger partial charge in [-0.25, -0.2) is 14.8 Å². The van der Waals surface area contributed by atoms with Gasteiger partial charge in [0.25, 0.3) is 0 Å². The van der Waals surface area contributed by atoms with Gasteiger partial charge in [0.15, 0.2) is 5.69 Å². The van der Waals surface area contributed by atoms with Crippen molar-refractivity contribution in [3.8, 4) is 0 Å². The van der Waals surface area contributed by atoms with E-state index in [1.807, 2.05) is 4.90 Å². The molecule has 2 aliphatic rings. The number of aromatic carboxylic acids is 1. The van der Waals surface area contributed by atoms with Crippen LogP contribution in [0.15, 0.2) is 36.5 Å². The second-order valence-electron chi connectivity index (χ2n) is 7.23. The zero-order chi connectivity index (χ0) is 19.2. The standard InChI is InChI=1S/C19H18F3N3O2/c20-19(21,22)15-4-2-1-3-14(15)11-7-12-9-25(10-13(12)8-11)18-23-6-5-16(24-18)17(26)27/h1-6,11-13H,7-10H2,(H,26,27)/t11?,12-,13+. The van der Waals surface area contributed by atoms with Gasteiger partial charge in [0.05, 0.1) is 5.56 Å². The van der Waals surface area contributed by atoms with Crippen LogP contribution >= 0.6 is 0 Å². The topological polar surface area (TPSA) is 66.3 Å². The first-order chi connectivity index (χ1) is 12.8. The summed E-state index contributed by atoms with van der Waals surface area (Å²) in [6.45, 7) is 1.27. The number of carboxylic acids is 1. The summed E-state index contributed by atoms with van der Waals surface area (Å²) in [5.41, 5.74) is -0.214. The second kappa shape index (κ2) is 6.51. The molecule has 0 amide bonds. The van der Waals surface area contributed by atoms with E-state index in [0.29, 0.717) is 37.4 Å². The Balaban J connectivity index is 1.50. The molecule has 1 aliphatic carbocycles. The molecule has 5 nitrogen and oxygen atoms in total. The average Bonchev–Trinajstić information content (AvgIpc) is 3.20. The number of nitrogens with zero attached hydrogens (tertiary/aromatic N) is 3. The molecule has 1 unspecified atom stereocenters. The minimum Gasteiger partial charge on any atom is -0.477 e. The highest BCUT2D eigenvalue weighted by Gasteiger charge is 2.44. The summed E-state index contributed by atoms with van der Waals surface area (Å²) in [6, 6.07) is 7.17. The highest BCUT2D eigenvalue weighted by molar-refractivity contribution is 5.85. The molecular weight excluding hydrogens is 359 g/mol. The van der Waals surface area contributed by atoms with Crippen LogP contribution < -0.4 is 4.90 Å². The monoisotopic (exact) mass is 377 g/mol. The number of halogens is 3. The van der Waals surface area contributed by atoms with Gasteiger partial charge in [0, 0.05) is 19.3 Å². The Morgan fingerprint density at radius 1 is 1.11 bits per heavy atom. The second-order valence-corrected chi connectivity index (χ2v) is 7.23. The Kier molecular flexibility index (Phi) is 4.28. The molecular formula is C19H18F3N3O2. The van der Waals surface area contributed by atoms with Crippen LogP contribution in [0.3, 0.4) is 0 Å². The number of rotatable bonds is 3. The number of hydrogen-bond donors (Lipinski definition) is 1. The Morgan fingerprint density at radius 3 is 2.41 bits per heavy atom. The zero-order valence-corrected chi connectivity index (χ0v) is 14.4. The fourth-order valence-electron chi connectivity index (χ4n) is 4.45. The highest BCUT2D eigenvalue weighted by Crippen LogP contribution is 2.49. The summed E-state index contributed by atoms with van der Waals surface area (Å²) in [7, 11) is 0. The maximum Gasteiger partial charge on any atom is 0.416 e. The van der Waals surface area contributed by atoms with Crippen LogP contribution in [0.5, 0.6) is 0 Å². The Bertz CT molecular complexity index is 857. The van der Waals surface area contributed by atoms with E-state index in [1.54, 1.807) is 12.1 Å². The van der Waals surface area contributed by atoms with Crippen LogP contribution in [-0.2, 0) is 6.18 Å². The Hall–Kier alpha value is -2.64. The van der Waals surface area contributed by atoms with Crippen molar-refractivity contribution in [1.82, 2.24) is 9.97 Å². The first kappa shape index (κ1) is 17.8. The molecule has 2 fully saturated rings. The van der Waals surface area contributed by atoms with Crippen molar-refractivity contribution >= 4 is 11.9 Å². The molecule has 0 radical (unpaired) electrons. The van der Waals surface area contributed by atoms with Crippen molar-refractivity contribution in [3.05, 3.63) is 53.3 Å². The number of fused-ring (bicyclic) bond motifs is 1. The van der Waals surface area contributed by atoms with Gasteiger partial charge in [-0.05, 0) is 48.3 Å². The molecule has 1 aromatic carbocycles. The van der Waals surface area contributed by atoms with Gasteiger partial charge in [0.2, 0.25) is 5.95 Å². The van der Waals surface area contributed by atoms with Gasteiger partial charge in [-0.1, -0.05) is 18.2 Å². The number of anilines is 1. The van der Waals surface area contributed by atoms with E-state index < -0.39 is 17.7 Å². The molecule has 0 spiro atoms. The lowest BCUT2D eigenvalue weighted by Crippen LogP contribution is -2.24. The molecule has 3 atom stereocenters. The lowest BCUT2D eigenvalue weighted by atomic mass is 9.91. The minimum atomic E-state index is -4.34. The van der Waals surface area contributed by atoms with Crippen LogP contribution in [-0.4, -0.2) is 34.1 Å². The molecule has 0 bridgehead atoms. The van der Waals surface area contributed by atoms with Gasteiger partial charge in [0.1, 0.15) is 0 Å². The van der Waals surface area contributed by atoms with E-state index in [-0.39, 0.29) is 23.4 Å². The summed E-state index contributed by atoms with van der Waals surface area (Å²) >= 11 is 0. The highest BCUT2D eigenvalue weighted by atomic mass is 19.4. The fourth-order valence-corrected chi connectivity index (χ4v) is 4.45. The van der Waals surface area contributed by atoms with E-state index in [2.05, 4.69) is 9.97 Å². The van der Waals surface area contributed by atoms with E-state index >= 15 is 0 Å². The Morgan fingerprint density at radius 2 is 1.78 bits per heavy atom. The van der Waals surface area contributed by atoms with Crippen molar-refractivity contribution in [2.24, 2.45) is 11.8 Å². The maximum atomic E-state index is 13.3. The summed E-state index contributed by atoms with van der Waals surface area (Å²) in [5.74, 6) is -0.327. The zero-order valence-electron chi connectivity index (χ0n) is 14.4. The van der Waals surface area contributed by atoms with Crippen LogP contribution in [0.25, 0.3) is 0 Å². The molecule has 1 aliphatic heterocycles. The normalized spacial score (nSPS) is 24.9. The predicted molar refractivity (Wildman–Crippen MR) is 91.6 cm³/mol. The van der Waals surface area contributed by atoms with Crippen LogP contribution in [0.4, 0.5) is 19.1 Å². The number of benzene rings is 1. The largest absolute Gasteiger partial charge is 0.477 e. The first-order valence-electron chi connectivity index (χ1n) is 8.80. The van der Waals surface area contributed by atoms with Gasteiger partial charge < -0.3 is 10.0 Å². The van der Waals surface area contributed by atoms with Crippen LogP contribution in [0.1, 0.15) is 40.4 Å². The van der Waals surface area contributed by atoms with E-state index in [9.17, 15) is 18.0 Å². The summed E-state index contributed by atoms with van der Waals surface area (Å²) in [4.78, 5) is 21.2. The SMILES string of the molecule is O=C(O)c1ccnc(N2C[C@H]3CC(c4ccccc4C(F)(F)F)C[C@H]3C2)n1. The van der Waals surface area contributed by atoms with Gasteiger partial charge >= 0.3 is 12.1 Å². The van der Waals surface area contributed by atoms with E-state index in [4.69, 9.17) is 5.11 Å². The molecule has 142 valence electrons. The third-order valence-electron chi connectivity index (χ3n) is 5.60. The lowest BCUT2D eigenvalue weighted by Gasteiger charge is -2.21. The summed E-state index contributed by atoms with van der Waals surface area (Å²) in [5, 5.41) is 9.07. The van der Waals surface area contributed by atoms with Crippen molar-refractivity contribution in [2.45, 2.75) is 24.9 Å². The minimum absolute atomic E-state index is 0.0611. The van der Waals surface area contributed by atoms with Crippen LogP contribution in [0, 0.1) is 11.8 Å². The number of alkyl halides is 3. The summed E-state index contributed by atoms with van der Waals surface area (Å²) < 4.78 is 39.9. The Labute approximate surface area is 153 Å². The molecule has 4 rings (SSSR count). The third-order valence-corrected chi connectivity index (χ3v) is 5.60. The van der Waals surface area contributed by atoms with Crippen molar-refractivity contribution in [2.75, 3.05) is 18.0 Å². The molecule has 8 heteroatoms. The van der Waals surface area contributed by atoms with Gasteiger partial charge in [-0.15, -0.1) is 0 Å². The third kappa shape index (κ3) is 3.36. The number of aromatic nitrogens is 2. The molecule has 1 saturated heterocycles. The summed E-state index contributed by atoms with van der Waals surface area (Å²) in [6.07, 6.45) is -1.55. The maximum absolute atomic E-state index is 13.3. The van der Waals surface area contributed by atoms with Crippen molar-refractivity contribution in [3.63, 3.8) is 0 Å². The lowest BCUT2D eigenvalue weighted by molar-refractivity contribution is -0.138. The molecule has 1 saturated carbocycles. The average molecular weight is 377 g/mol. The molecule has 1 N–H and O–H groups in total. The first-order valence-corrected chi connectivity index (χ1v) is 8.80. The fraction of sp³-hybridized carbons (Fsp3) is 0.421. The number of carbonyl (C=O) groups is 1. The smallest absolute Gasteiger partial charge is 0.416 e. The van der Waals surface area contributed by atoms with Gasteiger partial charge in [-0.2, -0.15) is 13.2 Å². The quantitative estimate of drug-likeness (QED) is 0.881. The van der Waals surface area contributed by atoms with Crippen molar-refractivity contribution < 1.29 is 23.1 Å². The van der Waals surface area contributed by atoms with E-state index in [0.717, 1.165) is 6.07 Å². The van der Waals surface area contributed by atoms with Gasteiger partial charge in [-0.3, -0.25) is 0 Å². The molecule has 27 heavy (non-hydrogen) atoms. The predicted octanol–water partition coefficient (Wildman–Crippen LogP) is 3.82. The molecule has 2 aromatic rings.